The molecule has 1 aliphatic rings. The lowest BCUT2D eigenvalue weighted by molar-refractivity contribution is -0.274. The summed E-state index contributed by atoms with van der Waals surface area (Å²) in [5.41, 5.74) is -0.541. The topological polar surface area (TPSA) is 72.9 Å². The number of alkyl carbamates (subject to hydrolysis) is 1. The molecule has 174 valence electrons. The Morgan fingerprint density at radius 3 is 2.25 bits per heavy atom. The average molecular weight is 453 g/mol. The Morgan fingerprint density at radius 2 is 1.66 bits per heavy atom. The van der Waals surface area contributed by atoms with Crippen LogP contribution in [0.2, 0.25) is 0 Å². The largest absolute Gasteiger partial charge is 0.573 e. The van der Waals surface area contributed by atoms with Crippen molar-refractivity contribution in [2.75, 3.05) is 18.0 Å². The van der Waals surface area contributed by atoms with Gasteiger partial charge in [0.1, 0.15) is 28.7 Å². The first-order chi connectivity index (χ1) is 15.0. The molecule has 1 saturated heterocycles. The zero-order chi connectivity index (χ0) is 23.4. The van der Waals surface area contributed by atoms with Gasteiger partial charge in [-0.2, -0.15) is 0 Å². The van der Waals surface area contributed by atoms with E-state index in [0.29, 0.717) is 24.6 Å². The Morgan fingerprint density at radius 1 is 1.03 bits per heavy atom. The van der Waals surface area contributed by atoms with E-state index in [4.69, 9.17) is 9.47 Å². The molecule has 10 heteroatoms. The lowest BCUT2D eigenvalue weighted by Crippen LogP contribution is -2.46. The van der Waals surface area contributed by atoms with Crippen LogP contribution < -0.4 is 19.7 Å². The Hall–Kier alpha value is -3.17. The lowest BCUT2D eigenvalue weighted by Gasteiger charge is -2.33. The number of carbonyl (C=O) groups excluding carboxylic acids is 1. The quantitative estimate of drug-likeness (QED) is 0.665. The van der Waals surface area contributed by atoms with Gasteiger partial charge in [0.2, 0.25) is 0 Å². The van der Waals surface area contributed by atoms with E-state index in [1.54, 1.807) is 18.3 Å². The molecule has 0 radical (unpaired) electrons. The molecule has 1 N–H and O–H groups in total. The van der Waals surface area contributed by atoms with Crippen LogP contribution in [-0.4, -0.2) is 42.2 Å². The second-order valence-corrected chi connectivity index (χ2v) is 8.38. The third-order valence-electron chi connectivity index (χ3n) is 4.55. The highest BCUT2D eigenvalue weighted by molar-refractivity contribution is 5.68. The van der Waals surface area contributed by atoms with Gasteiger partial charge < -0.3 is 24.4 Å². The summed E-state index contributed by atoms with van der Waals surface area (Å²) in [7, 11) is 0. The number of piperidine rings is 1. The number of ether oxygens (including phenoxy) is 3. The van der Waals surface area contributed by atoms with Gasteiger partial charge in [-0.3, -0.25) is 0 Å². The molecule has 1 aliphatic heterocycles. The van der Waals surface area contributed by atoms with Gasteiger partial charge in [-0.1, -0.05) is 0 Å². The predicted molar refractivity (Wildman–Crippen MR) is 112 cm³/mol. The monoisotopic (exact) mass is 453 g/mol. The Balaban J connectivity index is 1.54. The summed E-state index contributed by atoms with van der Waals surface area (Å²) in [6, 6.07) is 8.63. The van der Waals surface area contributed by atoms with Gasteiger partial charge in [0, 0.05) is 31.4 Å². The SMILES string of the molecule is CC(C)(C)OC(=O)NC1CCN(c2cc(Oc3ccc(OC(F)(F)F)cc3)ccn2)CC1. The average Bonchev–Trinajstić information content (AvgIpc) is 2.68. The fourth-order valence-corrected chi connectivity index (χ4v) is 3.21. The third-order valence-corrected chi connectivity index (χ3v) is 4.55. The molecule has 2 heterocycles. The molecule has 32 heavy (non-hydrogen) atoms. The minimum atomic E-state index is -4.74. The fourth-order valence-electron chi connectivity index (χ4n) is 3.21. The summed E-state index contributed by atoms with van der Waals surface area (Å²) in [6.07, 6.45) is -2.06. The maximum atomic E-state index is 12.3. The molecule has 1 amide bonds. The number of benzene rings is 1. The molecule has 1 aromatic heterocycles. The maximum absolute atomic E-state index is 12.3. The summed E-state index contributed by atoms with van der Waals surface area (Å²) in [6.45, 7) is 6.85. The molecular formula is C22H26F3N3O4. The Labute approximate surface area is 184 Å². The highest BCUT2D eigenvalue weighted by Crippen LogP contribution is 2.29. The summed E-state index contributed by atoms with van der Waals surface area (Å²) in [4.78, 5) is 18.4. The highest BCUT2D eigenvalue weighted by atomic mass is 19.4. The van der Waals surface area contributed by atoms with Crippen LogP contribution >= 0.6 is 0 Å². The standard InChI is InChI=1S/C22H26F3N3O4/c1-21(2,3)32-20(29)27-15-9-12-28(13-10-15)19-14-18(8-11-26-19)30-16-4-6-17(7-5-16)31-22(23,24)25/h4-8,11,14-15H,9-10,12-13H2,1-3H3,(H,27,29). The van der Waals surface area contributed by atoms with Crippen LogP contribution in [0.25, 0.3) is 0 Å². The zero-order valence-corrected chi connectivity index (χ0v) is 18.1. The van der Waals surface area contributed by atoms with Crippen molar-refractivity contribution in [2.24, 2.45) is 0 Å². The van der Waals surface area contributed by atoms with Gasteiger partial charge in [0.25, 0.3) is 0 Å². The van der Waals surface area contributed by atoms with Gasteiger partial charge in [0.15, 0.2) is 0 Å². The van der Waals surface area contributed by atoms with Crippen molar-refractivity contribution < 1.29 is 32.2 Å². The Bertz CT molecular complexity index is 906. The molecule has 1 aromatic carbocycles. The van der Waals surface area contributed by atoms with E-state index >= 15 is 0 Å². The number of alkyl halides is 3. The van der Waals surface area contributed by atoms with E-state index in [1.807, 2.05) is 20.8 Å². The summed E-state index contributed by atoms with van der Waals surface area (Å²) in [5, 5.41) is 2.90. The Kier molecular flexibility index (Phi) is 7.00. The molecule has 0 unspecified atom stereocenters. The number of pyridine rings is 1. The van der Waals surface area contributed by atoms with Gasteiger partial charge in [0.05, 0.1) is 0 Å². The normalized spacial score (nSPS) is 15.2. The fraction of sp³-hybridized carbons (Fsp3) is 0.455. The van der Waals surface area contributed by atoms with Crippen LogP contribution in [-0.2, 0) is 4.74 Å². The second-order valence-electron chi connectivity index (χ2n) is 8.38. The van der Waals surface area contributed by atoms with Crippen LogP contribution in [0.1, 0.15) is 33.6 Å². The first kappa shape index (κ1) is 23.5. The minimum Gasteiger partial charge on any atom is -0.457 e. The number of aromatic nitrogens is 1. The molecule has 0 spiro atoms. The van der Waals surface area contributed by atoms with E-state index < -0.39 is 18.1 Å². The van der Waals surface area contributed by atoms with Crippen molar-refractivity contribution in [1.82, 2.24) is 10.3 Å². The number of hydrogen-bond acceptors (Lipinski definition) is 6. The maximum Gasteiger partial charge on any atom is 0.573 e. The number of carbonyl (C=O) groups is 1. The van der Waals surface area contributed by atoms with E-state index in [2.05, 4.69) is 19.9 Å². The number of rotatable bonds is 5. The number of halogens is 3. The first-order valence-corrected chi connectivity index (χ1v) is 10.2. The van der Waals surface area contributed by atoms with Crippen molar-refractivity contribution in [3.63, 3.8) is 0 Å². The van der Waals surface area contributed by atoms with Crippen LogP contribution in [0.5, 0.6) is 17.2 Å². The summed E-state index contributed by atoms with van der Waals surface area (Å²) in [5.74, 6) is 1.28. The molecule has 7 nitrogen and oxygen atoms in total. The first-order valence-electron chi connectivity index (χ1n) is 10.2. The minimum absolute atomic E-state index is 0.0259. The molecule has 0 aliphatic carbocycles. The summed E-state index contributed by atoms with van der Waals surface area (Å²) < 4.78 is 51.7. The van der Waals surface area contributed by atoms with Crippen molar-refractivity contribution in [3.8, 4) is 17.2 Å². The van der Waals surface area contributed by atoms with Crippen molar-refractivity contribution in [1.29, 1.82) is 0 Å². The van der Waals surface area contributed by atoms with Crippen LogP contribution in [0.3, 0.4) is 0 Å². The van der Waals surface area contributed by atoms with Crippen molar-refractivity contribution >= 4 is 11.9 Å². The molecule has 1 fully saturated rings. The number of anilines is 1. The van der Waals surface area contributed by atoms with E-state index in [9.17, 15) is 18.0 Å². The van der Waals surface area contributed by atoms with E-state index in [1.165, 1.54) is 24.3 Å². The van der Waals surface area contributed by atoms with Crippen molar-refractivity contribution in [2.45, 2.75) is 51.6 Å². The number of amides is 1. The van der Waals surface area contributed by atoms with Crippen LogP contribution in [0, 0.1) is 0 Å². The van der Waals surface area contributed by atoms with Gasteiger partial charge >= 0.3 is 12.5 Å². The number of nitrogens with zero attached hydrogens (tertiary/aromatic N) is 2. The van der Waals surface area contributed by atoms with Crippen molar-refractivity contribution in [3.05, 3.63) is 42.6 Å². The van der Waals surface area contributed by atoms with Crippen LogP contribution in [0.4, 0.5) is 23.8 Å². The zero-order valence-electron chi connectivity index (χ0n) is 18.1. The van der Waals surface area contributed by atoms with Gasteiger partial charge in [-0.25, -0.2) is 9.78 Å². The van der Waals surface area contributed by atoms with Gasteiger partial charge in [-0.05, 0) is 63.9 Å². The molecule has 0 bridgehead atoms. The predicted octanol–water partition coefficient (Wildman–Crippen LogP) is 5.27. The molecule has 0 saturated carbocycles. The molecule has 0 atom stereocenters. The third kappa shape index (κ3) is 7.51. The molecular weight excluding hydrogens is 427 g/mol. The smallest absolute Gasteiger partial charge is 0.457 e. The molecule has 2 aromatic rings. The summed E-state index contributed by atoms with van der Waals surface area (Å²) >= 11 is 0. The lowest BCUT2D eigenvalue weighted by atomic mass is 10.1. The highest BCUT2D eigenvalue weighted by Gasteiger charge is 2.31. The number of hydrogen-bond donors (Lipinski definition) is 1. The van der Waals surface area contributed by atoms with Gasteiger partial charge in [-0.15, -0.1) is 13.2 Å². The number of nitrogens with one attached hydrogen (secondary N) is 1. The molecule has 3 rings (SSSR count). The van der Waals surface area contributed by atoms with Crippen LogP contribution in [0.15, 0.2) is 42.6 Å². The van der Waals surface area contributed by atoms with E-state index in [-0.39, 0.29) is 11.8 Å². The van der Waals surface area contributed by atoms with E-state index in [0.717, 1.165) is 18.7 Å². The second kappa shape index (κ2) is 9.54.